The second-order valence-electron chi connectivity index (χ2n) is 10.2. The molecule has 180 valence electrons. The molecule has 1 aromatic heterocycles. The molecule has 3 heterocycles. The number of allylic oxidation sites excluding steroid dienone is 1. The van der Waals surface area contributed by atoms with E-state index in [0.29, 0.717) is 50.9 Å². The van der Waals surface area contributed by atoms with Crippen LogP contribution in [-0.2, 0) is 24.2 Å². The maximum atomic E-state index is 13.4. The smallest absolute Gasteiger partial charge is 0.254 e. The van der Waals surface area contributed by atoms with Crippen LogP contribution in [0, 0.1) is 11.3 Å². The highest BCUT2D eigenvalue weighted by Crippen LogP contribution is 2.39. The average molecular weight is 469 g/mol. The number of anilines is 1. The quantitative estimate of drug-likeness (QED) is 0.658. The van der Waals surface area contributed by atoms with E-state index >= 15 is 0 Å². The van der Waals surface area contributed by atoms with E-state index in [9.17, 15) is 10.1 Å². The lowest BCUT2D eigenvalue weighted by Crippen LogP contribution is -2.49. The maximum absolute atomic E-state index is 13.4. The van der Waals surface area contributed by atoms with Gasteiger partial charge in [0.15, 0.2) is 0 Å². The standard InChI is InChI=1S/C29H32N4O2/c30-18-25-23-12-17-35-19-26(23)27(21-6-2-1-3-7-21)31-28(25)32-13-15-33(16-14-32)29(34)24-11-5-9-20-8-4-10-22(20)24/h4-5,9-11,21H,1-3,6-8,12-17,19H2. The maximum Gasteiger partial charge on any atom is 0.254 e. The monoisotopic (exact) mass is 468 g/mol. The summed E-state index contributed by atoms with van der Waals surface area (Å²) < 4.78 is 5.81. The van der Waals surface area contributed by atoms with Crippen molar-refractivity contribution in [1.29, 1.82) is 5.26 Å². The summed E-state index contributed by atoms with van der Waals surface area (Å²) in [6, 6.07) is 8.53. The van der Waals surface area contributed by atoms with E-state index in [4.69, 9.17) is 9.72 Å². The Hall–Kier alpha value is -3.17. The molecule has 0 unspecified atom stereocenters. The second kappa shape index (κ2) is 9.47. The highest BCUT2D eigenvalue weighted by molar-refractivity contribution is 5.99. The number of nitriles is 1. The minimum Gasteiger partial charge on any atom is -0.376 e. The SMILES string of the molecule is N#Cc1c(N2CCN(C(=O)c3cccc4c3C=CC4)CC2)nc(C2CCCCC2)c2c1CCOC2. The van der Waals surface area contributed by atoms with Crippen molar-refractivity contribution < 1.29 is 9.53 Å². The van der Waals surface area contributed by atoms with Crippen molar-refractivity contribution in [2.75, 3.05) is 37.7 Å². The number of carbonyl (C=O) groups is 1. The molecule has 6 nitrogen and oxygen atoms in total. The number of ether oxygens (including phenoxy) is 1. The first-order chi connectivity index (χ1) is 17.2. The van der Waals surface area contributed by atoms with Gasteiger partial charge in [0.25, 0.3) is 5.91 Å². The lowest BCUT2D eigenvalue weighted by Gasteiger charge is -2.37. The second-order valence-corrected chi connectivity index (χ2v) is 10.2. The van der Waals surface area contributed by atoms with E-state index in [1.165, 1.54) is 48.9 Å². The van der Waals surface area contributed by atoms with Crippen LogP contribution in [0.25, 0.3) is 6.08 Å². The molecular formula is C29H32N4O2. The van der Waals surface area contributed by atoms with E-state index in [1.807, 2.05) is 17.0 Å². The van der Waals surface area contributed by atoms with Crippen LogP contribution in [0.1, 0.15) is 81.9 Å². The fraction of sp³-hybridized carbons (Fsp3) is 0.483. The number of benzene rings is 1. The summed E-state index contributed by atoms with van der Waals surface area (Å²) in [5.41, 5.74) is 7.30. The third-order valence-corrected chi connectivity index (χ3v) is 8.19. The Morgan fingerprint density at radius 3 is 2.71 bits per heavy atom. The molecule has 1 saturated carbocycles. The van der Waals surface area contributed by atoms with Crippen molar-refractivity contribution in [3.63, 3.8) is 0 Å². The van der Waals surface area contributed by atoms with Crippen molar-refractivity contribution in [3.8, 4) is 6.07 Å². The average Bonchev–Trinajstić information content (AvgIpc) is 3.41. The predicted molar refractivity (Wildman–Crippen MR) is 135 cm³/mol. The van der Waals surface area contributed by atoms with Gasteiger partial charge in [-0.25, -0.2) is 4.98 Å². The van der Waals surface area contributed by atoms with Gasteiger partial charge < -0.3 is 14.5 Å². The molecule has 1 aromatic carbocycles. The number of aromatic nitrogens is 1. The number of hydrogen-bond donors (Lipinski definition) is 0. The van der Waals surface area contributed by atoms with Crippen molar-refractivity contribution in [3.05, 3.63) is 63.3 Å². The normalized spacial score (nSPS) is 19.9. The fourth-order valence-corrected chi connectivity index (χ4v) is 6.29. The van der Waals surface area contributed by atoms with Gasteiger partial charge in [-0.2, -0.15) is 5.26 Å². The summed E-state index contributed by atoms with van der Waals surface area (Å²) in [6.07, 6.45) is 12.0. The summed E-state index contributed by atoms with van der Waals surface area (Å²) in [6.45, 7) is 3.89. The van der Waals surface area contributed by atoms with Crippen molar-refractivity contribution in [1.82, 2.24) is 9.88 Å². The number of amides is 1. The van der Waals surface area contributed by atoms with Crippen LogP contribution in [0.2, 0.25) is 0 Å². The number of hydrogen-bond acceptors (Lipinski definition) is 5. The zero-order chi connectivity index (χ0) is 23.8. The number of nitrogens with zero attached hydrogens (tertiary/aromatic N) is 4. The highest BCUT2D eigenvalue weighted by atomic mass is 16.5. The molecule has 0 spiro atoms. The largest absolute Gasteiger partial charge is 0.376 e. The van der Waals surface area contributed by atoms with E-state index < -0.39 is 0 Å². The third kappa shape index (κ3) is 4.02. The van der Waals surface area contributed by atoms with Crippen LogP contribution in [0.15, 0.2) is 24.3 Å². The molecule has 35 heavy (non-hydrogen) atoms. The number of piperazine rings is 1. The van der Waals surface area contributed by atoms with Crippen LogP contribution >= 0.6 is 0 Å². The number of pyridine rings is 1. The van der Waals surface area contributed by atoms with Crippen LogP contribution in [0.4, 0.5) is 5.82 Å². The molecule has 2 fully saturated rings. The lowest BCUT2D eigenvalue weighted by molar-refractivity contribution is 0.0746. The molecule has 2 aliphatic carbocycles. The molecule has 0 bridgehead atoms. The van der Waals surface area contributed by atoms with Gasteiger partial charge in [0.2, 0.25) is 0 Å². The van der Waals surface area contributed by atoms with Gasteiger partial charge in [-0.15, -0.1) is 0 Å². The molecule has 1 saturated heterocycles. The van der Waals surface area contributed by atoms with Crippen LogP contribution in [0.3, 0.4) is 0 Å². The first kappa shape index (κ1) is 22.3. The Morgan fingerprint density at radius 2 is 1.91 bits per heavy atom. The first-order valence-electron chi connectivity index (χ1n) is 13.1. The molecule has 0 atom stereocenters. The lowest BCUT2D eigenvalue weighted by atomic mass is 9.82. The highest BCUT2D eigenvalue weighted by Gasteiger charge is 2.31. The summed E-state index contributed by atoms with van der Waals surface area (Å²) in [5.74, 6) is 1.39. The Kier molecular flexibility index (Phi) is 6.03. The number of fused-ring (bicyclic) bond motifs is 2. The molecule has 2 aromatic rings. The predicted octanol–water partition coefficient (Wildman–Crippen LogP) is 4.61. The van der Waals surface area contributed by atoms with E-state index in [1.54, 1.807) is 0 Å². The zero-order valence-corrected chi connectivity index (χ0v) is 20.3. The summed E-state index contributed by atoms with van der Waals surface area (Å²) in [7, 11) is 0. The molecule has 6 heteroatoms. The van der Waals surface area contributed by atoms with Gasteiger partial charge in [-0.05, 0) is 48.4 Å². The molecule has 0 radical (unpaired) electrons. The Morgan fingerprint density at radius 1 is 1.09 bits per heavy atom. The van der Waals surface area contributed by atoms with E-state index in [-0.39, 0.29) is 5.91 Å². The molecule has 1 amide bonds. The van der Waals surface area contributed by atoms with Crippen molar-refractivity contribution in [2.45, 2.75) is 57.5 Å². The van der Waals surface area contributed by atoms with Gasteiger partial charge >= 0.3 is 0 Å². The summed E-state index contributed by atoms with van der Waals surface area (Å²) in [5, 5.41) is 10.2. The fourth-order valence-electron chi connectivity index (χ4n) is 6.29. The van der Waals surface area contributed by atoms with Gasteiger partial charge in [0.1, 0.15) is 11.9 Å². The number of carbonyl (C=O) groups excluding carboxylic acids is 1. The van der Waals surface area contributed by atoms with E-state index in [0.717, 1.165) is 35.3 Å². The molecule has 0 N–H and O–H groups in total. The van der Waals surface area contributed by atoms with E-state index in [2.05, 4.69) is 29.2 Å². The minimum absolute atomic E-state index is 0.104. The van der Waals surface area contributed by atoms with Crippen LogP contribution in [0.5, 0.6) is 0 Å². The minimum atomic E-state index is 0.104. The summed E-state index contributed by atoms with van der Waals surface area (Å²) >= 11 is 0. The molecule has 4 aliphatic rings. The van der Waals surface area contributed by atoms with Gasteiger partial charge in [0.05, 0.1) is 24.5 Å². The van der Waals surface area contributed by atoms with Gasteiger partial charge in [-0.3, -0.25) is 4.79 Å². The Bertz CT molecular complexity index is 1210. The van der Waals surface area contributed by atoms with Crippen molar-refractivity contribution >= 4 is 17.8 Å². The third-order valence-electron chi connectivity index (χ3n) is 8.19. The molecule has 6 rings (SSSR count). The summed E-state index contributed by atoms with van der Waals surface area (Å²) in [4.78, 5) is 22.8. The zero-order valence-electron chi connectivity index (χ0n) is 20.3. The van der Waals surface area contributed by atoms with Gasteiger partial charge in [-0.1, -0.05) is 43.5 Å². The van der Waals surface area contributed by atoms with Crippen LogP contribution in [-0.4, -0.2) is 48.6 Å². The number of rotatable bonds is 3. The first-order valence-corrected chi connectivity index (χ1v) is 13.1. The Labute approximate surface area is 207 Å². The Balaban J connectivity index is 1.27. The van der Waals surface area contributed by atoms with Gasteiger partial charge in [0, 0.05) is 43.2 Å². The molecular weight excluding hydrogens is 436 g/mol. The van der Waals surface area contributed by atoms with Crippen molar-refractivity contribution in [2.24, 2.45) is 0 Å². The topological polar surface area (TPSA) is 69.5 Å². The molecule has 2 aliphatic heterocycles. The van der Waals surface area contributed by atoms with Crippen LogP contribution < -0.4 is 4.90 Å².